The van der Waals surface area contributed by atoms with Crippen molar-refractivity contribution in [2.45, 2.75) is 6.61 Å². The number of esters is 1. The summed E-state index contributed by atoms with van der Waals surface area (Å²) in [6.45, 7) is -0.394. The summed E-state index contributed by atoms with van der Waals surface area (Å²) in [5, 5.41) is 14.4. The maximum absolute atomic E-state index is 11.5. The molecule has 2 N–H and O–H groups in total. The van der Waals surface area contributed by atoms with Gasteiger partial charge in [-0.05, 0) is 16.5 Å². The van der Waals surface area contributed by atoms with Crippen LogP contribution in [0.5, 0.6) is 0 Å². The van der Waals surface area contributed by atoms with Crippen LogP contribution in [0.25, 0.3) is 6.08 Å². The topological polar surface area (TPSA) is 122 Å². The van der Waals surface area contributed by atoms with E-state index in [4.69, 9.17) is 10.5 Å². The standard InChI is InChI=1S/C13H11N3O5/c14-13(18)12-10(15-21-16(12)19)8-20-11(17)7-6-9-4-2-1-3-5-9/h1-7H,8H2,(H2,14,18). The molecule has 0 aliphatic heterocycles. The fourth-order valence-electron chi connectivity index (χ4n) is 1.52. The van der Waals surface area contributed by atoms with E-state index < -0.39 is 24.2 Å². The molecule has 0 spiro atoms. The average molecular weight is 289 g/mol. The van der Waals surface area contributed by atoms with Gasteiger partial charge >= 0.3 is 5.97 Å². The molecule has 0 aliphatic carbocycles. The summed E-state index contributed by atoms with van der Waals surface area (Å²) < 4.78 is 9.07. The molecule has 8 nitrogen and oxygen atoms in total. The van der Waals surface area contributed by atoms with E-state index in [0.717, 1.165) is 5.56 Å². The van der Waals surface area contributed by atoms with Gasteiger partial charge in [0.15, 0.2) is 6.61 Å². The number of carbonyl (C=O) groups excluding carboxylic acids is 2. The Morgan fingerprint density at radius 1 is 1.38 bits per heavy atom. The molecule has 0 bridgehead atoms. The molecule has 0 radical (unpaired) electrons. The molecular formula is C13H11N3O5. The van der Waals surface area contributed by atoms with Crippen LogP contribution in [-0.4, -0.2) is 17.0 Å². The average Bonchev–Trinajstić information content (AvgIpc) is 2.85. The molecule has 0 saturated heterocycles. The quantitative estimate of drug-likeness (QED) is 0.475. The van der Waals surface area contributed by atoms with Crippen molar-refractivity contribution in [2.75, 3.05) is 0 Å². The van der Waals surface area contributed by atoms with Gasteiger partial charge in [0.25, 0.3) is 17.3 Å². The van der Waals surface area contributed by atoms with Gasteiger partial charge in [0, 0.05) is 11.2 Å². The van der Waals surface area contributed by atoms with Crippen LogP contribution in [0.3, 0.4) is 0 Å². The third-order valence-electron chi connectivity index (χ3n) is 2.48. The first kappa shape index (κ1) is 14.3. The largest absolute Gasteiger partial charge is 0.453 e. The summed E-state index contributed by atoms with van der Waals surface area (Å²) >= 11 is 0. The molecule has 1 heterocycles. The highest BCUT2D eigenvalue weighted by atomic mass is 16.8. The molecule has 108 valence electrons. The van der Waals surface area contributed by atoms with Crippen LogP contribution < -0.4 is 10.6 Å². The molecule has 8 heteroatoms. The minimum atomic E-state index is -1.02. The van der Waals surface area contributed by atoms with Crippen molar-refractivity contribution < 1.29 is 23.9 Å². The highest BCUT2D eigenvalue weighted by Crippen LogP contribution is 2.04. The van der Waals surface area contributed by atoms with E-state index in [-0.39, 0.29) is 10.6 Å². The Labute approximate surface area is 118 Å². The van der Waals surface area contributed by atoms with Crippen LogP contribution in [-0.2, 0) is 16.1 Å². The van der Waals surface area contributed by atoms with E-state index >= 15 is 0 Å². The lowest BCUT2D eigenvalue weighted by molar-refractivity contribution is -0.803. The zero-order chi connectivity index (χ0) is 15.2. The van der Waals surface area contributed by atoms with Gasteiger partial charge in [-0.1, -0.05) is 30.3 Å². The lowest BCUT2D eigenvalue weighted by Gasteiger charge is -1.97. The second kappa shape index (κ2) is 6.33. The first-order valence-electron chi connectivity index (χ1n) is 5.86. The fourth-order valence-corrected chi connectivity index (χ4v) is 1.52. The van der Waals surface area contributed by atoms with E-state index in [0.29, 0.717) is 0 Å². The number of ether oxygens (including phenoxy) is 1. The molecule has 0 atom stereocenters. The lowest BCUT2D eigenvalue weighted by Crippen LogP contribution is -2.35. The van der Waals surface area contributed by atoms with Crippen LogP contribution in [0.15, 0.2) is 41.0 Å². The van der Waals surface area contributed by atoms with Gasteiger partial charge in [0.1, 0.15) is 0 Å². The van der Waals surface area contributed by atoms with Crippen molar-refractivity contribution in [3.05, 3.63) is 58.6 Å². The number of rotatable bonds is 5. The number of primary amides is 1. The van der Waals surface area contributed by atoms with E-state index in [2.05, 4.69) is 9.79 Å². The predicted octanol–water partition coefficient (Wildman–Crippen LogP) is 0.163. The van der Waals surface area contributed by atoms with Crippen LogP contribution in [0.1, 0.15) is 21.7 Å². The maximum atomic E-state index is 11.5. The van der Waals surface area contributed by atoms with Gasteiger partial charge in [0.2, 0.25) is 0 Å². The van der Waals surface area contributed by atoms with Crippen LogP contribution in [0.2, 0.25) is 0 Å². The number of hydrogen-bond donors (Lipinski definition) is 1. The Morgan fingerprint density at radius 2 is 2.10 bits per heavy atom. The second-order valence-corrected chi connectivity index (χ2v) is 3.94. The van der Waals surface area contributed by atoms with Gasteiger partial charge in [-0.25, -0.2) is 4.79 Å². The molecule has 0 aliphatic rings. The number of nitrogens with two attached hydrogens (primary N) is 1. The normalized spacial score (nSPS) is 10.7. The van der Waals surface area contributed by atoms with E-state index in [1.807, 2.05) is 30.3 Å². The van der Waals surface area contributed by atoms with Crippen molar-refractivity contribution in [3.63, 3.8) is 0 Å². The Kier molecular flexibility index (Phi) is 4.30. The van der Waals surface area contributed by atoms with Crippen molar-refractivity contribution in [1.29, 1.82) is 0 Å². The minimum absolute atomic E-state index is 0.134. The molecule has 21 heavy (non-hydrogen) atoms. The number of hydrogen-bond acceptors (Lipinski definition) is 6. The Hall–Kier alpha value is -3.16. The summed E-state index contributed by atoms with van der Waals surface area (Å²) in [5.41, 5.74) is 5.18. The van der Waals surface area contributed by atoms with Crippen molar-refractivity contribution in [3.8, 4) is 0 Å². The smallest absolute Gasteiger partial charge is 0.331 e. The number of aromatic nitrogens is 2. The van der Waals surface area contributed by atoms with Crippen molar-refractivity contribution in [1.82, 2.24) is 5.16 Å². The third kappa shape index (κ3) is 3.66. The fraction of sp³-hybridized carbons (Fsp3) is 0.0769. The Morgan fingerprint density at radius 3 is 2.76 bits per heavy atom. The van der Waals surface area contributed by atoms with Gasteiger partial charge < -0.3 is 15.7 Å². The van der Waals surface area contributed by atoms with E-state index in [9.17, 15) is 14.8 Å². The van der Waals surface area contributed by atoms with Crippen LogP contribution >= 0.6 is 0 Å². The maximum Gasteiger partial charge on any atom is 0.331 e. The van der Waals surface area contributed by atoms with E-state index in [1.165, 1.54) is 6.08 Å². The summed E-state index contributed by atoms with van der Waals surface area (Å²) in [7, 11) is 0. The van der Waals surface area contributed by atoms with Crippen molar-refractivity contribution in [2.24, 2.45) is 5.73 Å². The van der Waals surface area contributed by atoms with Gasteiger partial charge in [0.05, 0.1) is 0 Å². The van der Waals surface area contributed by atoms with Crippen molar-refractivity contribution >= 4 is 18.0 Å². The lowest BCUT2D eigenvalue weighted by atomic mass is 10.2. The third-order valence-corrected chi connectivity index (χ3v) is 2.48. The number of amides is 1. The van der Waals surface area contributed by atoms with Gasteiger partial charge in [-0.15, -0.1) is 0 Å². The molecule has 0 fully saturated rings. The summed E-state index contributed by atoms with van der Waals surface area (Å²) in [6, 6.07) is 9.13. The number of nitrogens with zero attached hydrogens (tertiary/aromatic N) is 2. The number of carbonyl (C=O) groups is 2. The van der Waals surface area contributed by atoms with Crippen LogP contribution in [0, 0.1) is 5.21 Å². The minimum Gasteiger partial charge on any atom is -0.453 e. The Bertz CT molecular complexity index is 678. The molecule has 2 aromatic rings. The second-order valence-electron chi connectivity index (χ2n) is 3.94. The molecule has 2 rings (SSSR count). The molecule has 0 unspecified atom stereocenters. The first-order valence-corrected chi connectivity index (χ1v) is 5.86. The molecule has 0 saturated carbocycles. The molecule has 1 aromatic carbocycles. The molecular weight excluding hydrogens is 278 g/mol. The monoisotopic (exact) mass is 289 g/mol. The Balaban J connectivity index is 1.96. The predicted molar refractivity (Wildman–Crippen MR) is 69.3 cm³/mol. The van der Waals surface area contributed by atoms with E-state index in [1.54, 1.807) is 6.08 Å². The van der Waals surface area contributed by atoms with Gasteiger partial charge in [-0.2, -0.15) is 0 Å². The van der Waals surface area contributed by atoms with Crippen LogP contribution in [0.4, 0.5) is 0 Å². The zero-order valence-electron chi connectivity index (χ0n) is 10.8. The summed E-state index contributed by atoms with van der Waals surface area (Å²) in [4.78, 5) is 22.4. The highest BCUT2D eigenvalue weighted by Gasteiger charge is 2.25. The number of benzene rings is 1. The summed E-state index contributed by atoms with van der Waals surface area (Å²) in [6.07, 6.45) is 2.78. The summed E-state index contributed by atoms with van der Waals surface area (Å²) in [5.74, 6) is -1.67. The zero-order valence-corrected chi connectivity index (χ0v) is 10.8. The molecule has 1 aromatic heterocycles. The molecule has 1 amide bonds. The highest BCUT2D eigenvalue weighted by molar-refractivity contribution is 5.90. The first-order chi connectivity index (χ1) is 10.1. The SMILES string of the molecule is NC(=O)c1c(COC(=O)C=Cc2ccccc2)no[n+]1[O-]. The van der Waals surface area contributed by atoms with Gasteiger partial charge in [-0.3, -0.25) is 9.42 Å².